The van der Waals surface area contributed by atoms with Crippen LogP contribution in [0.25, 0.3) is 10.4 Å². The highest BCUT2D eigenvalue weighted by Gasteiger charge is 2.10. The van der Waals surface area contributed by atoms with Crippen molar-refractivity contribution in [2.75, 3.05) is 14.2 Å². The lowest BCUT2D eigenvalue weighted by molar-refractivity contribution is 0.404. The second kappa shape index (κ2) is 5.16. The first-order chi connectivity index (χ1) is 8.28. The van der Waals surface area contributed by atoms with Gasteiger partial charge in [-0.25, -0.2) is 4.98 Å². The topological polar surface area (TPSA) is 57.4 Å². The third-order valence-corrected chi connectivity index (χ3v) is 3.45. The van der Waals surface area contributed by atoms with Gasteiger partial charge in [0.15, 0.2) is 0 Å². The van der Waals surface area contributed by atoms with Crippen LogP contribution in [-0.4, -0.2) is 19.2 Å². The zero-order valence-corrected chi connectivity index (χ0v) is 10.6. The Morgan fingerprint density at radius 1 is 1.29 bits per heavy atom. The minimum Gasteiger partial charge on any atom is -0.497 e. The summed E-state index contributed by atoms with van der Waals surface area (Å²) in [5, 5.41) is 0.907. The lowest BCUT2D eigenvalue weighted by atomic mass is 10.1. The van der Waals surface area contributed by atoms with Gasteiger partial charge in [0, 0.05) is 18.3 Å². The minimum absolute atomic E-state index is 0.455. The number of hydrogen-bond donors (Lipinski definition) is 1. The Kier molecular flexibility index (Phi) is 3.61. The van der Waals surface area contributed by atoms with Crippen LogP contribution in [0.5, 0.6) is 11.5 Å². The number of benzene rings is 1. The number of hydrogen-bond acceptors (Lipinski definition) is 5. The number of aromatic nitrogens is 1. The van der Waals surface area contributed by atoms with Crippen molar-refractivity contribution in [3.8, 4) is 21.9 Å². The van der Waals surface area contributed by atoms with E-state index < -0.39 is 0 Å². The Balaban J connectivity index is 2.47. The second-order valence-electron chi connectivity index (χ2n) is 3.39. The van der Waals surface area contributed by atoms with Gasteiger partial charge in [0.1, 0.15) is 16.5 Å². The molecule has 1 aromatic carbocycles. The molecule has 0 saturated carbocycles. The van der Waals surface area contributed by atoms with Crippen molar-refractivity contribution in [1.29, 1.82) is 0 Å². The normalized spacial score (nSPS) is 10.3. The van der Waals surface area contributed by atoms with Gasteiger partial charge in [0.2, 0.25) is 0 Å². The van der Waals surface area contributed by atoms with Crippen LogP contribution in [0.4, 0.5) is 0 Å². The molecule has 0 aliphatic carbocycles. The van der Waals surface area contributed by atoms with Crippen molar-refractivity contribution in [3.63, 3.8) is 0 Å². The summed E-state index contributed by atoms with van der Waals surface area (Å²) < 4.78 is 10.5. The average molecular weight is 250 g/mol. The quantitative estimate of drug-likeness (QED) is 0.904. The Morgan fingerprint density at radius 3 is 2.71 bits per heavy atom. The van der Waals surface area contributed by atoms with Crippen LogP contribution in [0.1, 0.15) is 5.01 Å². The fourth-order valence-electron chi connectivity index (χ4n) is 1.54. The first kappa shape index (κ1) is 11.9. The summed E-state index contributed by atoms with van der Waals surface area (Å²) in [6, 6.07) is 5.69. The van der Waals surface area contributed by atoms with Crippen LogP contribution in [0.3, 0.4) is 0 Å². The van der Waals surface area contributed by atoms with Gasteiger partial charge in [-0.1, -0.05) is 0 Å². The summed E-state index contributed by atoms with van der Waals surface area (Å²) in [5.41, 5.74) is 6.54. The maximum absolute atomic E-state index is 5.56. The molecule has 4 nitrogen and oxygen atoms in total. The molecule has 0 aliphatic rings. The van der Waals surface area contributed by atoms with Crippen molar-refractivity contribution in [3.05, 3.63) is 29.4 Å². The lowest BCUT2D eigenvalue weighted by Crippen LogP contribution is -1.93. The molecule has 0 saturated heterocycles. The molecular formula is C12H14N2O2S. The Hall–Kier alpha value is -1.59. The monoisotopic (exact) mass is 250 g/mol. The summed E-state index contributed by atoms with van der Waals surface area (Å²) >= 11 is 1.56. The molecular weight excluding hydrogens is 236 g/mol. The second-order valence-corrected chi connectivity index (χ2v) is 4.50. The summed E-state index contributed by atoms with van der Waals surface area (Å²) in [5.74, 6) is 1.60. The highest BCUT2D eigenvalue weighted by atomic mass is 32.1. The van der Waals surface area contributed by atoms with Crippen LogP contribution >= 0.6 is 11.3 Å². The van der Waals surface area contributed by atoms with Crippen molar-refractivity contribution in [2.45, 2.75) is 6.54 Å². The van der Waals surface area contributed by atoms with Gasteiger partial charge in [-0.2, -0.15) is 0 Å². The number of thiazole rings is 1. The van der Waals surface area contributed by atoms with Crippen LogP contribution in [0, 0.1) is 0 Å². The SMILES string of the molecule is COc1ccc(OC)c(-c2cnc(CN)s2)c1. The number of rotatable bonds is 4. The van der Waals surface area contributed by atoms with Crippen LogP contribution < -0.4 is 15.2 Å². The molecule has 2 N–H and O–H groups in total. The molecule has 5 heteroatoms. The third-order valence-electron chi connectivity index (χ3n) is 2.40. The zero-order valence-electron chi connectivity index (χ0n) is 9.77. The van der Waals surface area contributed by atoms with Crippen LogP contribution in [0.15, 0.2) is 24.4 Å². The number of methoxy groups -OCH3 is 2. The summed E-state index contributed by atoms with van der Waals surface area (Å²) in [4.78, 5) is 5.27. The van der Waals surface area contributed by atoms with Gasteiger partial charge in [0.25, 0.3) is 0 Å². The smallest absolute Gasteiger partial charge is 0.127 e. The van der Waals surface area contributed by atoms with E-state index in [1.54, 1.807) is 25.6 Å². The van der Waals surface area contributed by atoms with E-state index in [9.17, 15) is 0 Å². The molecule has 0 atom stereocenters. The van der Waals surface area contributed by atoms with Gasteiger partial charge in [0.05, 0.1) is 19.1 Å². The molecule has 0 amide bonds. The van der Waals surface area contributed by atoms with Gasteiger partial charge in [-0.05, 0) is 18.2 Å². The minimum atomic E-state index is 0.455. The first-order valence-electron chi connectivity index (χ1n) is 5.15. The number of ether oxygens (including phenoxy) is 2. The largest absolute Gasteiger partial charge is 0.497 e. The fourth-order valence-corrected chi connectivity index (χ4v) is 2.35. The van der Waals surface area contributed by atoms with Gasteiger partial charge in [-0.15, -0.1) is 11.3 Å². The lowest BCUT2D eigenvalue weighted by Gasteiger charge is -2.08. The van der Waals surface area contributed by atoms with Gasteiger partial charge < -0.3 is 15.2 Å². The molecule has 2 rings (SSSR count). The number of nitrogens with zero attached hydrogens (tertiary/aromatic N) is 1. The van der Waals surface area contributed by atoms with Crippen LogP contribution in [0.2, 0.25) is 0 Å². The summed E-state index contributed by atoms with van der Waals surface area (Å²) in [6.45, 7) is 0.455. The third kappa shape index (κ3) is 2.40. The van der Waals surface area contributed by atoms with Crippen molar-refractivity contribution >= 4 is 11.3 Å². The van der Waals surface area contributed by atoms with E-state index in [4.69, 9.17) is 15.2 Å². The maximum Gasteiger partial charge on any atom is 0.127 e. The van der Waals surface area contributed by atoms with Crippen molar-refractivity contribution < 1.29 is 9.47 Å². The Morgan fingerprint density at radius 2 is 2.12 bits per heavy atom. The molecule has 90 valence electrons. The van der Waals surface area contributed by atoms with E-state index in [-0.39, 0.29) is 0 Å². The molecule has 1 heterocycles. The zero-order chi connectivity index (χ0) is 12.3. The highest BCUT2D eigenvalue weighted by molar-refractivity contribution is 7.15. The Bertz CT molecular complexity index is 511. The maximum atomic E-state index is 5.56. The fraction of sp³-hybridized carbons (Fsp3) is 0.250. The molecule has 0 bridgehead atoms. The van der Waals surface area contributed by atoms with E-state index in [1.165, 1.54) is 0 Å². The summed E-state index contributed by atoms with van der Waals surface area (Å²) in [7, 11) is 3.29. The van der Waals surface area contributed by atoms with Crippen molar-refractivity contribution in [2.24, 2.45) is 5.73 Å². The molecule has 0 aliphatic heterocycles. The predicted molar refractivity (Wildman–Crippen MR) is 68.5 cm³/mol. The molecule has 0 spiro atoms. The predicted octanol–water partition coefficient (Wildman–Crippen LogP) is 2.29. The highest BCUT2D eigenvalue weighted by Crippen LogP contribution is 2.36. The molecule has 1 aromatic heterocycles. The molecule has 2 aromatic rings. The molecule has 0 unspecified atom stereocenters. The van der Waals surface area contributed by atoms with E-state index in [2.05, 4.69) is 4.98 Å². The van der Waals surface area contributed by atoms with Gasteiger partial charge >= 0.3 is 0 Å². The van der Waals surface area contributed by atoms with Crippen molar-refractivity contribution in [1.82, 2.24) is 4.98 Å². The molecule has 17 heavy (non-hydrogen) atoms. The average Bonchev–Trinajstić information content (AvgIpc) is 2.86. The summed E-state index contributed by atoms with van der Waals surface area (Å²) in [6.07, 6.45) is 1.81. The molecule has 0 fully saturated rings. The van der Waals surface area contributed by atoms with E-state index >= 15 is 0 Å². The Labute approximate surface area is 104 Å². The number of nitrogens with two attached hydrogens (primary N) is 1. The van der Waals surface area contributed by atoms with E-state index in [1.807, 2.05) is 24.4 Å². The van der Waals surface area contributed by atoms with E-state index in [0.717, 1.165) is 26.9 Å². The van der Waals surface area contributed by atoms with Gasteiger partial charge in [-0.3, -0.25) is 0 Å². The van der Waals surface area contributed by atoms with Crippen LogP contribution in [-0.2, 0) is 6.54 Å². The van der Waals surface area contributed by atoms with E-state index in [0.29, 0.717) is 6.54 Å². The standard InChI is InChI=1S/C12H14N2O2S/c1-15-8-3-4-10(16-2)9(5-8)11-7-14-12(6-13)17-11/h3-5,7H,6,13H2,1-2H3. The molecule has 0 radical (unpaired) electrons. The first-order valence-corrected chi connectivity index (χ1v) is 5.97.